The lowest BCUT2D eigenvalue weighted by molar-refractivity contribution is 0.461. The molecule has 2 nitrogen and oxygen atoms in total. The van der Waals surface area contributed by atoms with Gasteiger partial charge in [-0.3, -0.25) is 0 Å². The maximum atomic E-state index is 13.5. The quantitative estimate of drug-likeness (QED) is 0.731. The van der Waals surface area contributed by atoms with Crippen molar-refractivity contribution in [1.29, 1.82) is 0 Å². The Hall–Kier alpha value is -0.960. The van der Waals surface area contributed by atoms with E-state index in [1.54, 1.807) is 6.07 Å². The Morgan fingerprint density at radius 1 is 1.12 bits per heavy atom. The van der Waals surface area contributed by atoms with E-state index in [1.807, 2.05) is 0 Å². The average molecular weight is 255 g/mol. The Kier molecular flexibility index (Phi) is 2.66. The summed E-state index contributed by atoms with van der Waals surface area (Å²) in [5, 5.41) is 7.05. The van der Waals surface area contributed by atoms with E-state index in [-0.39, 0.29) is 16.4 Å². The van der Waals surface area contributed by atoms with Crippen LogP contribution in [0.25, 0.3) is 0 Å². The summed E-state index contributed by atoms with van der Waals surface area (Å²) in [6.45, 7) is 0.919. The fourth-order valence-corrected chi connectivity index (χ4v) is 3.17. The van der Waals surface area contributed by atoms with Crippen molar-refractivity contribution in [2.45, 2.75) is 37.6 Å². The number of nitrogens with one attached hydrogen (secondary N) is 2. The van der Waals surface area contributed by atoms with Gasteiger partial charge in [0.2, 0.25) is 0 Å². The second kappa shape index (κ2) is 4.05. The van der Waals surface area contributed by atoms with Gasteiger partial charge in [-0.2, -0.15) is 0 Å². The van der Waals surface area contributed by atoms with E-state index in [0.717, 1.165) is 24.3 Å². The molecule has 0 atom stereocenters. The first kappa shape index (κ1) is 11.1. The smallest absolute Gasteiger partial charge is 0.143 e. The number of anilines is 2. The van der Waals surface area contributed by atoms with Crippen molar-refractivity contribution in [3.05, 3.63) is 23.0 Å². The fraction of sp³-hybridized carbons (Fsp3) is 0.538. The highest BCUT2D eigenvalue weighted by Gasteiger charge is 2.35. The molecule has 1 aromatic rings. The van der Waals surface area contributed by atoms with Gasteiger partial charge in [-0.1, -0.05) is 24.4 Å². The summed E-state index contributed by atoms with van der Waals surface area (Å²) >= 11 is 5.81. The molecule has 1 fully saturated rings. The van der Waals surface area contributed by atoms with Gasteiger partial charge in [-0.15, -0.1) is 0 Å². The Labute approximate surface area is 106 Å². The normalized spacial score (nSPS) is 21.5. The molecule has 1 heterocycles. The van der Waals surface area contributed by atoms with Crippen molar-refractivity contribution in [2.75, 3.05) is 17.2 Å². The zero-order valence-electron chi connectivity index (χ0n) is 9.65. The van der Waals surface area contributed by atoms with Gasteiger partial charge in [0, 0.05) is 18.2 Å². The van der Waals surface area contributed by atoms with Crippen LogP contribution in [0.2, 0.25) is 5.02 Å². The lowest BCUT2D eigenvalue weighted by Crippen LogP contribution is -2.35. The summed E-state index contributed by atoms with van der Waals surface area (Å²) in [6, 6.07) is 3.18. The van der Waals surface area contributed by atoms with Gasteiger partial charge in [0.15, 0.2) is 0 Å². The highest BCUT2D eigenvalue weighted by Crippen LogP contribution is 2.41. The largest absolute Gasteiger partial charge is 0.383 e. The van der Waals surface area contributed by atoms with Crippen LogP contribution in [0.1, 0.15) is 32.1 Å². The molecule has 1 saturated carbocycles. The van der Waals surface area contributed by atoms with E-state index in [4.69, 9.17) is 11.6 Å². The number of fused-ring (bicyclic) bond motifs is 1. The second-order valence-electron chi connectivity index (χ2n) is 5.10. The van der Waals surface area contributed by atoms with Crippen molar-refractivity contribution in [1.82, 2.24) is 0 Å². The lowest BCUT2D eigenvalue weighted by Gasteiger charge is -2.29. The summed E-state index contributed by atoms with van der Waals surface area (Å²) in [6.07, 6.45) is 5.97. The van der Waals surface area contributed by atoms with Gasteiger partial charge in [-0.25, -0.2) is 4.39 Å². The van der Waals surface area contributed by atoms with Crippen molar-refractivity contribution < 1.29 is 4.39 Å². The van der Waals surface area contributed by atoms with Crippen LogP contribution < -0.4 is 10.6 Å². The van der Waals surface area contributed by atoms with E-state index in [0.29, 0.717) is 0 Å². The summed E-state index contributed by atoms with van der Waals surface area (Å²) < 4.78 is 13.5. The van der Waals surface area contributed by atoms with E-state index in [1.165, 1.54) is 31.7 Å². The van der Waals surface area contributed by atoms with Crippen LogP contribution in [0.5, 0.6) is 0 Å². The van der Waals surface area contributed by atoms with Crippen LogP contribution >= 0.6 is 11.6 Å². The second-order valence-corrected chi connectivity index (χ2v) is 5.51. The zero-order valence-corrected chi connectivity index (χ0v) is 10.4. The molecule has 92 valence electrons. The number of benzene rings is 1. The van der Waals surface area contributed by atoms with Gasteiger partial charge < -0.3 is 10.6 Å². The minimum absolute atomic E-state index is 0.165. The third-order valence-electron chi connectivity index (χ3n) is 3.94. The van der Waals surface area contributed by atoms with Gasteiger partial charge in [0.25, 0.3) is 0 Å². The SMILES string of the molecule is Fc1cc2c(cc1Cl)NCCC1(CCCC1)N2. The molecule has 2 N–H and O–H groups in total. The van der Waals surface area contributed by atoms with Gasteiger partial charge in [0.1, 0.15) is 5.82 Å². The van der Waals surface area contributed by atoms with Crippen LogP contribution in [0.3, 0.4) is 0 Å². The molecule has 0 amide bonds. The van der Waals surface area contributed by atoms with Gasteiger partial charge in [-0.05, 0) is 25.3 Å². The van der Waals surface area contributed by atoms with Crippen LogP contribution in [0, 0.1) is 5.82 Å². The highest BCUT2D eigenvalue weighted by atomic mass is 35.5. The topological polar surface area (TPSA) is 24.1 Å². The van der Waals surface area contributed by atoms with Crippen LogP contribution in [0.15, 0.2) is 12.1 Å². The molecule has 0 radical (unpaired) electrons. The Bertz CT molecular complexity index is 441. The molecule has 0 aromatic heterocycles. The molecule has 1 aromatic carbocycles. The maximum absolute atomic E-state index is 13.5. The Morgan fingerprint density at radius 3 is 2.65 bits per heavy atom. The highest BCUT2D eigenvalue weighted by molar-refractivity contribution is 6.31. The molecule has 17 heavy (non-hydrogen) atoms. The molecule has 3 rings (SSSR count). The molecular weight excluding hydrogens is 239 g/mol. The van der Waals surface area contributed by atoms with Crippen LogP contribution in [-0.2, 0) is 0 Å². The molecule has 1 aliphatic carbocycles. The van der Waals surface area contributed by atoms with Crippen LogP contribution in [0.4, 0.5) is 15.8 Å². The summed E-state index contributed by atoms with van der Waals surface area (Å²) in [7, 11) is 0. The minimum Gasteiger partial charge on any atom is -0.383 e. The third kappa shape index (κ3) is 1.97. The molecule has 2 aliphatic rings. The molecule has 1 aliphatic heterocycles. The summed E-state index contributed by atoms with van der Waals surface area (Å²) in [5.74, 6) is -0.352. The average Bonchev–Trinajstić information content (AvgIpc) is 2.66. The first-order valence-corrected chi connectivity index (χ1v) is 6.57. The van der Waals surface area contributed by atoms with E-state index in [2.05, 4.69) is 10.6 Å². The van der Waals surface area contributed by atoms with Gasteiger partial charge in [0.05, 0.1) is 16.4 Å². The van der Waals surface area contributed by atoms with Crippen molar-refractivity contribution in [3.63, 3.8) is 0 Å². The first-order valence-electron chi connectivity index (χ1n) is 6.20. The molecule has 0 unspecified atom stereocenters. The predicted molar refractivity (Wildman–Crippen MR) is 69.3 cm³/mol. The van der Waals surface area contributed by atoms with Crippen molar-refractivity contribution in [3.8, 4) is 0 Å². The summed E-state index contributed by atoms with van der Waals surface area (Å²) in [4.78, 5) is 0. The molecule has 4 heteroatoms. The Balaban J connectivity index is 1.98. The summed E-state index contributed by atoms with van der Waals surface area (Å²) in [5.41, 5.74) is 1.94. The molecule has 1 spiro atoms. The molecular formula is C13H16ClFN2. The maximum Gasteiger partial charge on any atom is 0.143 e. The van der Waals surface area contributed by atoms with Crippen molar-refractivity contribution >= 4 is 23.0 Å². The number of rotatable bonds is 0. The lowest BCUT2D eigenvalue weighted by atomic mass is 9.93. The first-order chi connectivity index (χ1) is 8.19. The number of hydrogen-bond acceptors (Lipinski definition) is 2. The zero-order chi connectivity index (χ0) is 11.9. The van der Waals surface area contributed by atoms with Crippen molar-refractivity contribution in [2.24, 2.45) is 0 Å². The molecule has 0 bridgehead atoms. The minimum atomic E-state index is -0.352. The third-order valence-corrected chi connectivity index (χ3v) is 4.23. The van der Waals surface area contributed by atoms with E-state index < -0.39 is 0 Å². The predicted octanol–water partition coefficient (Wildman–Crippen LogP) is 4.02. The Morgan fingerprint density at radius 2 is 1.88 bits per heavy atom. The monoisotopic (exact) mass is 254 g/mol. The molecule has 0 saturated heterocycles. The number of hydrogen-bond donors (Lipinski definition) is 2. The fourth-order valence-electron chi connectivity index (χ4n) is 3.01. The number of halogens is 2. The van der Waals surface area contributed by atoms with E-state index >= 15 is 0 Å². The van der Waals surface area contributed by atoms with Crippen LogP contribution in [-0.4, -0.2) is 12.1 Å². The standard InChI is InChI=1S/C13H16ClFN2/c14-9-7-11-12(8-10(9)15)17-13(5-6-16-11)3-1-2-4-13/h7-8,16-17H,1-6H2. The van der Waals surface area contributed by atoms with Gasteiger partial charge >= 0.3 is 0 Å². The van der Waals surface area contributed by atoms with E-state index in [9.17, 15) is 4.39 Å².